The zero-order valence-electron chi connectivity index (χ0n) is 14.4. The molecule has 0 aliphatic rings. The molecule has 0 bridgehead atoms. The van der Waals surface area contributed by atoms with E-state index in [1.165, 1.54) is 11.3 Å². The number of thiazole rings is 1. The Kier molecular flexibility index (Phi) is 5.27. The molecule has 4 aromatic rings. The smallest absolute Gasteiger partial charge is 0.338 e. The Labute approximate surface area is 168 Å². The van der Waals surface area contributed by atoms with Crippen LogP contribution in [0.5, 0.6) is 0 Å². The molecule has 3 heterocycles. The number of aromatic nitrogens is 3. The average Bonchev–Trinajstić information content (AvgIpc) is 3.48. The van der Waals surface area contributed by atoms with Crippen molar-refractivity contribution in [2.75, 3.05) is 11.9 Å². The predicted octanol–water partition coefficient (Wildman–Crippen LogP) is 4.06. The van der Waals surface area contributed by atoms with Crippen LogP contribution in [0.4, 0.5) is 5.13 Å². The van der Waals surface area contributed by atoms with E-state index in [-0.39, 0.29) is 6.61 Å². The summed E-state index contributed by atoms with van der Waals surface area (Å²) in [5, 5.41) is 6.94. The van der Waals surface area contributed by atoms with Crippen LogP contribution < -0.4 is 5.32 Å². The van der Waals surface area contributed by atoms with E-state index in [9.17, 15) is 9.59 Å². The molecule has 0 radical (unpaired) electrons. The van der Waals surface area contributed by atoms with Crippen molar-refractivity contribution in [1.82, 2.24) is 15.0 Å². The second-order valence-corrected chi connectivity index (χ2v) is 7.46. The van der Waals surface area contributed by atoms with E-state index in [1.54, 1.807) is 48.0 Å². The van der Waals surface area contributed by atoms with Gasteiger partial charge in [0.25, 0.3) is 5.91 Å². The average molecular weight is 410 g/mol. The molecule has 0 saturated heterocycles. The standard InChI is InChI=1S/C19H14N4O3S2/c24-16(23-19-22-14(11-28-19)15-2-1-9-27-15)10-26-18(25)13-5-3-12(4-6-13)17-20-7-8-21-17/h1-9,11H,10H2,(H,20,21)(H,22,23,24). The molecule has 140 valence electrons. The molecule has 28 heavy (non-hydrogen) atoms. The van der Waals surface area contributed by atoms with E-state index in [1.807, 2.05) is 22.9 Å². The van der Waals surface area contributed by atoms with Crippen LogP contribution in [0.1, 0.15) is 10.4 Å². The Balaban J connectivity index is 1.30. The van der Waals surface area contributed by atoms with Gasteiger partial charge in [-0.05, 0) is 23.6 Å². The summed E-state index contributed by atoms with van der Waals surface area (Å²) in [5.41, 5.74) is 2.02. The SMILES string of the molecule is O=C(COC(=O)c1ccc(-c2ncc[nH]2)cc1)Nc1nc(-c2cccs2)cs1. The summed E-state index contributed by atoms with van der Waals surface area (Å²) in [5.74, 6) is -0.295. The molecule has 3 aromatic heterocycles. The van der Waals surface area contributed by atoms with Gasteiger partial charge in [0, 0.05) is 23.3 Å². The van der Waals surface area contributed by atoms with Gasteiger partial charge in [-0.1, -0.05) is 18.2 Å². The zero-order chi connectivity index (χ0) is 19.3. The van der Waals surface area contributed by atoms with Gasteiger partial charge >= 0.3 is 5.97 Å². The molecule has 0 aliphatic carbocycles. The second-order valence-electron chi connectivity index (χ2n) is 5.65. The Hall–Kier alpha value is -3.30. The summed E-state index contributed by atoms with van der Waals surface area (Å²) >= 11 is 2.90. The summed E-state index contributed by atoms with van der Waals surface area (Å²) < 4.78 is 5.08. The van der Waals surface area contributed by atoms with E-state index >= 15 is 0 Å². The number of rotatable bonds is 6. The minimum Gasteiger partial charge on any atom is -0.452 e. The van der Waals surface area contributed by atoms with Gasteiger partial charge in [0.2, 0.25) is 0 Å². The number of aromatic amines is 1. The number of nitrogens with one attached hydrogen (secondary N) is 2. The number of nitrogens with zero attached hydrogens (tertiary/aromatic N) is 2. The number of hydrogen-bond donors (Lipinski definition) is 2. The topological polar surface area (TPSA) is 97.0 Å². The highest BCUT2D eigenvalue weighted by molar-refractivity contribution is 7.16. The predicted molar refractivity (Wildman–Crippen MR) is 108 cm³/mol. The lowest BCUT2D eigenvalue weighted by atomic mass is 10.1. The van der Waals surface area contributed by atoms with Crippen LogP contribution in [0.25, 0.3) is 22.0 Å². The molecule has 0 saturated carbocycles. The highest BCUT2D eigenvalue weighted by Crippen LogP contribution is 2.28. The molecule has 0 unspecified atom stereocenters. The number of benzene rings is 1. The minimum absolute atomic E-state index is 0.359. The number of thiophene rings is 1. The van der Waals surface area contributed by atoms with Gasteiger partial charge in [-0.3, -0.25) is 10.1 Å². The van der Waals surface area contributed by atoms with Gasteiger partial charge in [-0.15, -0.1) is 22.7 Å². The quantitative estimate of drug-likeness (QED) is 0.467. The van der Waals surface area contributed by atoms with Gasteiger partial charge in [0.05, 0.1) is 16.1 Å². The molecule has 0 atom stereocenters. The third-order valence-electron chi connectivity index (χ3n) is 3.75. The number of carbonyl (C=O) groups is 2. The third-order valence-corrected chi connectivity index (χ3v) is 5.40. The number of carbonyl (C=O) groups excluding carboxylic acids is 2. The number of anilines is 1. The monoisotopic (exact) mass is 410 g/mol. The lowest BCUT2D eigenvalue weighted by molar-refractivity contribution is -0.119. The van der Waals surface area contributed by atoms with E-state index in [0.717, 1.165) is 16.1 Å². The normalized spacial score (nSPS) is 10.6. The van der Waals surface area contributed by atoms with Crippen LogP contribution in [0.3, 0.4) is 0 Å². The van der Waals surface area contributed by atoms with Crippen molar-refractivity contribution in [3.63, 3.8) is 0 Å². The molecule has 0 fully saturated rings. The molecule has 2 N–H and O–H groups in total. The first kappa shape index (κ1) is 18.1. The molecule has 0 spiro atoms. The van der Waals surface area contributed by atoms with Crippen molar-refractivity contribution in [3.05, 3.63) is 65.1 Å². The van der Waals surface area contributed by atoms with Crippen molar-refractivity contribution in [2.24, 2.45) is 0 Å². The first-order chi connectivity index (χ1) is 13.7. The van der Waals surface area contributed by atoms with Crippen molar-refractivity contribution in [2.45, 2.75) is 0 Å². The third kappa shape index (κ3) is 4.16. The van der Waals surface area contributed by atoms with Crippen LogP contribution in [0.2, 0.25) is 0 Å². The highest BCUT2D eigenvalue weighted by atomic mass is 32.1. The van der Waals surface area contributed by atoms with E-state index < -0.39 is 11.9 Å². The molecule has 9 heteroatoms. The zero-order valence-corrected chi connectivity index (χ0v) is 16.0. The molecule has 1 amide bonds. The number of ether oxygens (including phenoxy) is 1. The van der Waals surface area contributed by atoms with Crippen LogP contribution in [-0.2, 0) is 9.53 Å². The Morgan fingerprint density at radius 2 is 2.00 bits per heavy atom. The van der Waals surface area contributed by atoms with Gasteiger partial charge < -0.3 is 9.72 Å². The molecular formula is C19H14N4O3S2. The fourth-order valence-corrected chi connectivity index (χ4v) is 3.91. The van der Waals surface area contributed by atoms with Gasteiger partial charge in [0.1, 0.15) is 5.82 Å². The van der Waals surface area contributed by atoms with E-state index in [2.05, 4.69) is 20.3 Å². The summed E-state index contributed by atoms with van der Waals surface area (Å²) in [7, 11) is 0. The maximum atomic E-state index is 12.1. The Bertz CT molecular complexity index is 1070. The molecule has 1 aromatic carbocycles. The fourth-order valence-electron chi connectivity index (χ4n) is 2.43. The maximum Gasteiger partial charge on any atom is 0.338 e. The lowest BCUT2D eigenvalue weighted by Crippen LogP contribution is -2.20. The number of hydrogen-bond acceptors (Lipinski definition) is 7. The second kappa shape index (κ2) is 8.15. The molecule has 4 rings (SSSR count). The van der Waals surface area contributed by atoms with Crippen LogP contribution in [-0.4, -0.2) is 33.4 Å². The Morgan fingerprint density at radius 3 is 2.71 bits per heavy atom. The number of H-pyrrole nitrogens is 1. The Morgan fingerprint density at radius 1 is 1.14 bits per heavy atom. The minimum atomic E-state index is -0.570. The first-order valence-electron chi connectivity index (χ1n) is 8.25. The van der Waals surface area contributed by atoms with Crippen molar-refractivity contribution < 1.29 is 14.3 Å². The van der Waals surface area contributed by atoms with Gasteiger partial charge in [0.15, 0.2) is 11.7 Å². The summed E-state index contributed by atoms with van der Waals surface area (Å²) in [4.78, 5) is 36.7. The summed E-state index contributed by atoms with van der Waals surface area (Å²) in [6.45, 7) is -0.382. The summed E-state index contributed by atoms with van der Waals surface area (Å²) in [6.07, 6.45) is 3.38. The maximum absolute atomic E-state index is 12.1. The largest absolute Gasteiger partial charge is 0.452 e. The van der Waals surface area contributed by atoms with Crippen LogP contribution >= 0.6 is 22.7 Å². The molecule has 7 nitrogen and oxygen atoms in total. The number of esters is 1. The van der Waals surface area contributed by atoms with Crippen molar-refractivity contribution in [1.29, 1.82) is 0 Å². The highest BCUT2D eigenvalue weighted by Gasteiger charge is 2.13. The number of amides is 1. The van der Waals surface area contributed by atoms with Gasteiger partial charge in [-0.2, -0.15) is 0 Å². The molecular weight excluding hydrogens is 396 g/mol. The fraction of sp³-hybridized carbons (Fsp3) is 0.0526. The first-order valence-corrected chi connectivity index (χ1v) is 10.0. The lowest BCUT2D eigenvalue weighted by Gasteiger charge is -2.05. The van der Waals surface area contributed by atoms with E-state index in [0.29, 0.717) is 16.5 Å². The van der Waals surface area contributed by atoms with Crippen LogP contribution in [0.15, 0.2) is 59.6 Å². The summed E-state index contributed by atoms with van der Waals surface area (Å²) in [6, 6.07) is 10.7. The number of imidazole rings is 1. The van der Waals surface area contributed by atoms with E-state index in [4.69, 9.17) is 4.74 Å². The van der Waals surface area contributed by atoms with Crippen molar-refractivity contribution in [3.8, 4) is 22.0 Å². The molecule has 0 aliphatic heterocycles. The van der Waals surface area contributed by atoms with Gasteiger partial charge in [-0.25, -0.2) is 14.8 Å². The van der Waals surface area contributed by atoms with Crippen LogP contribution in [0, 0.1) is 0 Å². The van der Waals surface area contributed by atoms with Crippen molar-refractivity contribution >= 4 is 39.7 Å².